The van der Waals surface area contributed by atoms with Crippen LogP contribution in [-0.4, -0.2) is 40.4 Å². The lowest BCUT2D eigenvalue weighted by molar-refractivity contribution is -0.247. The first kappa shape index (κ1) is 27.5. The van der Waals surface area contributed by atoms with Crippen molar-refractivity contribution in [2.24, 2.45) is 17.8 Å². The Morgan fingerprint density at radius 1 is 1.11 bits per heavy atom. The smallest absolute Gasteiger partial charge is 0.265 e. The highest BCUT2D eigenvalue weighted by Crippen LogP contribution is 2.49. The molecule has 1 heterocycles. The van der Waals surface area contributed by atoms with E-state index in [9.17, 15) is 5.11 Å². The molecular formula is C27H32Cl3NO5. The van der Waals surface area contributed by atoms with E-state index in [0.29, 0.717) is 19.4 Å². The lowest BCUT2D eigenvalue weighted by atomic mass is 9.82. The molecule has 4 rings (SSSR count). The number of nitrogens with one attached hydrogen (secondary N) is 1. The molecule has 1 saturated carbocycles. The van der Waals surface area contributed by atoms with E-state index >= 15 is 0 Å². The van der Waals surface area contributed by atoms with Crippen LogP contribution in [0.2, 0.25) is 0 Å². The van der Waals surface area contributed by atoms with Gasteiger partial charge in [0.05, 0.1) is 32.0 Å². The van der Waals surface area contributed by atoms with Gasteiger partial charge in [0.1, 0.15) is 5.75 Å². The molecule has 2 N–H and O–H groups in total. The summed E-state index contributed by atoms with van der Waals surface area (Å²) in [5.41, 5.74) is 1.90. The Kier molecular flexibility index (Phi) is 9.08. The van der Waals surface area contributed by atoms with Gasteiger partial charge in [-0.2, -0.15) is 0 Å². The van der Waals surface area contributed by atoms with Crippen molar-refractivity contribution in [1.29, 1.82) is 5.41 Å². The molecule has 1 aliphatic carbocycles. The van der Waals surface area contributed by atoms with Gasteiger partial charge in [0, 0.05) is 11.8 Å². The molecule has 0 amide bonds. The molecule has 0 aromatic heterocycles. The summed E-state index contributed by atoms with van der Waals surface area (Å²) in [6.07, 6.45) is 0.219. The van der Waals surface area contributed by atoms with Gasteiger partial charge in [-0.3, -0.25) is 5.41 Å². The van der Waals surface area contributed by atoms with Crippen LogP contribution in [0.1, 0.15) is 43.4 Å². The second kappa shape index (κ2) is 11.9. The fourth-order valence-electron chi connectivity index (χ4n) is 5.38. The Hall–Kier alpha value is -1.54. The van der Waals surface area contributed by atoms with Crippen LogP contribution in [0.5, 0.6) is 5.75 Å². The highest BCUT2D eigenvalue weighted by Gasteiger charge is 2.53. The Bertz CT molecular complexity index is 1000. The van der Waals surface area contributed by atoms with Gasteiger partial charge in [-0.1, -0.05) is 84.2 Å². The van der Waals surface area contributed by atoms with Crippen molar-refractivity contribution >= 4 is 40.7 Å². The topological polar surface area (TPSA) is 81.0 Å². The molecule has 2 aromatic rings. The van der Waals surface area contributed by atoms with E-state index in [4.69, 9.17) is 59.2 Å². The zero-order valence-electron chi connectivity index (χ0n) is 20.3. The van der Waals surface area contributed by atoms with Gasteiger partial charge in [-0.25, -0.2) is 0 Å². The maximum absolute atomic E-state index is 11.1. The number of aliphatic hydroxyl groups is 1. The average molecular weight is 557 g/mol. The molecule has 2 fully saturated rings. The highest BCUT2D eigenvalue weighted by molar-refractivity contribution is 6.76. The summed E-state index contributed by atoms with van der Waals surface area (Å²) < 4.78 is 21.9. The number of alkyl halides is 3. The first-order valence-corrected chi connectivity index (χ1v) is 13.3. The Morgan fingerprint density at radius 2 is 1.81 bits per heavy atom. The summed E-state index contributed by atoms with van der Waals surface area (Å²) >= 11 is 17.7. The van der Waals surface area contributed by atoms with Gasteiger partial charge in [0.15, 0.2) is 0 Å². The third-order valence-corrected chi connectivity index (χ3v) is 7.76. The number of methoxy groups -OCH3 is 1. The summed E-state index contributed by atoms with van der Waals surface area (Å²) in [6.45, 7) is 2.42. The van der Waals surface area contributed by atoms with E-state index in [0.717, 1.165) is 23.3 Å². The second-order valence-electron chi connectivity index (χ2n) is 9.43. The van der Waals surface area contributed by atoms with Crippen molar-refractivity contribution in [3.63, 3.8) is 0 Å². The van der Waals surface area contributed by atoms with Gasteiger partial charge in [0.25, 0.3) is 3.79 Å². The molecule has 9 heteroatoms. The zero-order chi connectivity index (χ0) is 25.9. The number of aliphatic hydroxyl groups excluding tert-OH is 1. The maximum Gasteiger partial charge on any atom is 0.265 e. The van der Waals surface area contributed by atoms with Crippen LogP contribution >= 0.6 is 34.8 Å². The fourth-order valence-corrected chi connectivity index (χ4v) is 5.52. The number of fused-ring (bicyclic) bond motifs is 1. The molecule has 0 spiro atoms. The van der Waals surface area contributed by atoms with E-state index in [1.807, 2.05) is 61.5 Å². The standard InChI is InChI=1S/C27H32Cl3NO5/c1-3-20-24(34-15-16-9-11-19(33-2)12-10-16)21-13-18(23(32)17-7-5-4-6-8-17)14-22(21)35-25(20)36-26(31)27(28,29)30/h4-12,18,20-25,31-32H,3,13-15H2,1-2H3. The normalized spacial score (nSPS) is 28.8. The van der Waals surface area contributed by atoms with Crippen molar-refractivity contribution in [3.8, 4) is 5.75 Å². The lowest BCUT2D eigenvalue weighted by Gasteiger charge is -2.44. The van der Waals surface area contributed by atoms with Crippen LogP contribution < -0.4 is 4.74 Å². The fraction of sp³-hybridized carbons (Fsp3) is 0.519. The highest BCUT2D eigenvalue weighted by atomic mass is 35.6. The van der Waals surface area contributed by atoms with E-state index in [2.05, 4.69) is 0 Å². The van der Waals surface area contributed by atoms with E-state index in [1.165, 1.54) is 0 Å². The van der Waals surface area contributed by atoms with E-state index in [1.54, 1.807) is 7.11 Å². The van der Waals surface area contributed by atoms with Crippen LogP contribution in [0.4, 0.5) is 0 Å². The lowest BCUT2D eigenvalue weighted by Crippen LogP contribution is -2.52. The minimum absolute atomic E-state index is 0.00151. The molecule has 7 unspecified atom stereocenters. The van der Waals surface area contributed by atoms with Crippen LogP contribution in [0.25, 0.3) is 0 Å². The summed E-state index contributed by atoms with van der Waals surface area (Å²) in [4.78, 5) is 0. The first-order valence-electron chi connectivity index (χ1n) is 12.2. The maximum atomic E-state index is 11.1. The monoisotopic (exact) mass is 555 g/mol. The molecule has 2 aliphatic rings. The Balaban J connectivity index is 1.55. The van der Waals surface area contributed by atoms with Gasteiger partial charge in [-0.05, 0) is 48.4 Å². The van der Waals surface area contributed by atoms with Crippen LogP contribution in [0, 0.1) is 23.2 Å². The van der Waals surface area contributed by atoms with Crippen LogP contribution in [0.3, 0.4) is 0 Å². The molecule has 1 saturated heterocycles. The molecule has 0 radical (unpaired) electrons. The number of ether oxygens (including phenoxy) is 4. The minimum Gasteiger partial charge on any atom is -0.497 e. The predicted molar refractivity (Wildman–Crippen MR) is 141 cm³/mol. The van der Waals surface area contributed by atoms with Crippen molar-refractivity contribution < 1.29 is 24.1 Å². The number of rotatable bonds is 8. The Morgan fingerprint density at radius 3 is 2.42 bits per heavy atom. The van der Waals surface area contributed by atoms with Gasteiger partial charge < -0.3 is 24.1 Å². The first-order chi connectivity index (χ1) is 17.2. The van der Waals surface area contributed by atoms with Crippen molar-refractivity contribution in [1.82, 2.24) is 0 Å². The minimum atomic E-state index is -1.99. The SMILES string of the molecule is CCC1C(OC(=N)C(Cl)(Cl)Cl)OC2CC(C(O)c3ccccc3)CC2C1OCc1ccc(OC)cc1. The third kappa shape index (κ3) is 6.29. The summed E-state index contributed by atoms with van der Waals surface area (Å²) in [7, 11) is 1.63. The summed E-state index contributed by atoms with van der Waals surface area (Å²) in [6, 6.07) is 17.4. The summed E-state index contributed by atoms with van der Waals surface area (Å²) in [5, 5.41) is 19.2. The molecule has 1 aliphatic heterocycles. The van der Waals surface area contributed by atoms with Gasteiger partial charge >= 0.3 is 0 Å². The third-order valence-electron chi connectivity index (χ3n) is 7.24. The number of halogens is 3. The number of benzene rings is 2. The van der Waals surface area contributed by atoms with Gasteiger partial charge in [-0.15, -0.1) is 0 Å². The zero-order valence-corrected chi connectivity index (χ0v) is 22.5. The quantitative estimate of drug-likeness (QED) is 0.222. The van der Waals surface area contributed by atoms with Crippen molar-refractivity contribution in [2.45, 2.75) is 61.2 Å². The largest absolute Gasteiger partial charge is 0.497 e. The van der Waals surface area contributed by atoms with E-state index in [-0.39, 0.29) is 30.0 Å². The van der Waals surface area contributed by atoms with E-state index < -0.39 is 22.1 Å². The molecule has 196 valence electrons. The molecule has 2 aromatic carbocycles. The van der Waals surface area contributed by atoms with Gasteiger partial charge in [0.2, 0.25) is 12.2 Å². The van der Waals surface area contributed by atoms with Crippen LogP contribution in [0.15, 0.2) is 54.6 Å². The second-order valence-corrected chi connectivity index (χ2v) is 11.7. The number of hydrogen-bond donors (Lipinski definition) is 2. The molecule has 7 atom stereocenters. The Labute approximate surface area is 227 Å². The molecule has 0 bridgehead atoms. The van der Waals surface area contributed by atoms with Crippen molar-refractivity contribution in [2.75, 3.05) is 7.11 Å². The molecular weight excluding hydrogens is 525 g/mol. The summed E-state index contributed by atoms with van der Waals surface area (Å²) in [5.74, 6) is 0.159. The predicted octanol–water partition coefficient (Wildman–Crippen LogP) is 6.46. The van der Waals surface area contributed by atoms with Crippen LogP contribution in [-0.2, 0) is 20.8 Å². The number of hydrogen-bond acceptors (Lipinski definition) is 6. The average Bonchev–Trinajstić information content (AvgIpc) is 3.30. The molecule has 6 nitrogen and oxygen atoms in total. The van der Waals surface area contributed by atoms with Crippen molar-refractivity contribution in [3.05, 3.63) is 65.7 Å². The molecule has 36 heavy (non-hydrogen) atoms.